The van der Waals surface area contributed by atoms with E-state index >= 15 is 0 Å². The molecule has 1 heterocycles. The molecule has 1 unspecified atom stereocenters. The van der Waals surface area contributed by atoms with Crippen LogP contribution in [0.25, 0.3) is 0 Å². The lowest BCUT2D eigenvalue weighted by Crippen LogP contribution is -2.46. The molecule has 2 heteroatoms. The van der Waals surface area contributed by atoms with Gasteiger partial charge >= 0.3 is 0 Å². The van der Waals surface area contributed by atoms with Gasteiger partial charge in [0.25, 0.3) is 0 Å². The van der Waals surface area contributed by atoms with E-state index in [1.165, 1.54) is 45.3 Å². The number of hydrogen-bond donors (Lipinski definition) is 1. The summed E-state index contributed by atoms with van der Waals surface area (Å²) >= 11 is 0. The van der Waals surface area contributed by atoms with Crippen molar-refractivity contribution in [3.05, 3.63) is 0 Å². The van der Waals surface area contributed by atoms with Gasteiger partial charge in [0.15, 0.2) is 0 Å². The Balaban J connectivity index is 2.56. The van der Waals surface area contributed by atoms with Crippen LogP contribution < -0.4 is 5.32 Å². The van der Waals surface area contributed by atoms with Crippen LogP contribution in [0.1, 0.15) is 60.3 Å². The molecule has 1 saturated heterocycles. The molecule has 0 aromatic carbocycles. The van der Waals surface area contributed by atoms with Gasteiger partial charge in [0, 0.05) is 25.2 Å². The fourth-order valence-corrected chi connectivity index (χ4v) is 2.86. The van der Waals surface area contributed by atoms with Crippen LogP contribution in [0.2, 0.25) is 0 Å². The molecule has 0 radical (unpaired) electrons. The summed E-state index contributed by atoms with van der Waals surface area (Å²) in [4.78, 5) is 2.70. The van der Waals surface area contributed by atoms with Gasteiger partial charge in [0.05, 0.1) is 0 Å². The third-order valence-electron chi connectivity index (χ3n) is 4.61. The van der Waals surface area contributed by atoms with Crippen LogP contribution >= 0.6 is 0 Å². The van der Waals surface area contributed by atoms with Gasteiger partial charge in [-0.3, -0.25) is 0 Å². The molecular weight excluding hydrogens is 208 g/mol. The second kappa shape index (κ2) is 6.75. The average Bonchev–Trinajstić information content (AvgIpc) is 2.70. The van der Waals surface area contributed by atoms with E-state index < -0.39 is 0 Å². The third kappa shape index (κ3) is 4.26. The first-order chi connectivity index (χ1) is 8.03. The molecule has 0 saturated carbocycles. The Morgan fingerprint density at radius 2 is 1.94 bits per heavy atom. The van der Waals surface area contributed by atoms with Crippen LogP contribution in [0.4, 0.5) is 0 Å². The van der Waals surface area contributed by atoms with Crippen LogP contribution in [0.3, 0.4) is 0 Å². The number of likely N-dealkylation sites (tertiary alicyclic amines) is 1. The minimum Gasteiger partial charge on any atom is -0.314 e. The highest BCUT2D eigenvalue weighted by Crippen LogP contribution is 2.30. The minimum atomic E-state index is 0.475. The monoisotopic (exact) mass is 240 g/mol. The van der Waals surface area contributed by atoms with Crippen molar-refractivity contribution in [3.8, 4) is 0 Å². The van der Waals surface area contributed by atoms with Crippen molar-refractivity contribution in [3.63, 3.8) is 0 Å². The van der Waals surface area contributed by atoms with Crippen molar-refractivity contribution >= 4 is 0 Å². The van der Waals surface area contributed by atoms with Crippen molar-refractivity contribution in [2.45, 2.75) is 72.4 Å². The average molecular weight is 240 g/mol. The molecule has 1 rings (SSSR count). The van der Waals surface area contributed by atoms with Crippen molar-refractivity contribution < 1.29 is 0 Å². The van der Waals surface area contributed by atoms with Crippen LogP contribution in [-0.2, 0) is 0 Å². The number of nitrogens with one attached hydrogen (secondary N) is 1. The lowest BCUT2D eigenvalue weighted by atomic mass is 9.81. The molecule has 1 atom stereocenters. The highest BCUT2D eigenvalue weighted by molar-refractivity contribution is 4.87. The molecule has 1 fully saturated rings. The molecule has 0 spiro atoms. The molecule has 0 aliphatic carbocycles. The van der Waals surface area contributed by atoms with Crippen molar-refractivity contribution in [1.29, 1.82) is 0 Å². The summed E-state index contributed by atoms with van der Waals surface area (Å²) in [7, 11) is 0. The van der Waals surface area contributed by atoms with Crippen LogP contribution in [0, 0.1) is 5.41 Å². The van der Waals surface area contributed by atoms with Gasteiger partial charge in [-0.25, -0.2) is 0 Å². The van der Waals surface area contributed by atoms with Crippen LogP contribution in [0.15, 0.2) is 0 Å². The summed E-state index contributed by atoms with van der Waals surface area (Å²) in [6.07, 6.45) is 5.35. The second-order valence-corrected chi connectivity index (χ2v) is 6.20. The van der Waals surface area contributed by atoms with Gasteiger partial charge in [-0.1, -0.05) is 27.7 Å². The number of hydrogen-bond acceptors (Lipinski definition) is 2. The molecule has 17 heavy (non-hydrogen) atoms. The topological polar surface area (TPSA) is 15.3 Å². The maximum atomic E-state index is 3.65. The summed E-state index contributed by atoms with van der Waals surface area (Å²) in [5.74, 6) is 0. The fraction of sp³-hybridized carbons (Fsp3) is 1.00. The van der Waals surface area contributed by atoms with Gasteiger partial charge in [0.1, 0.15) is 0 Å². The molecule has 1 N–H and O–H groups in total. The first-order valence-corrected chi connectivity index (χ1v) is 7.50. The fourth-order valence-electron chi connectivity index (χ4n) is 2.86. The van der Waals surface area contributed by atoms with Gasteiger partial charge < -0.3 is 10.2 Å². The maximum Gasteiger partial charge on any atom is 0.00676 e. The predicted octanol–water partition coefficient (Wildman–Crippen LogP) is 3.28. The lowest BCUT2D eigenvalue weighted by molar-refractivity contribution is 0.127. The molecule has 2 nitrogen and oxygen atoms in total. The Labute approximate surface area is 108 Å². The van der Waals surface area contributed by atoms with Crippen LogP contribution in [-0.4, -0.2) is 36.6 Å². The summed E-state index contributed by atoms with van der Waals surface area (Å²) in [5, 5.41) is 3.65. The Morgan fingerprint density at radius 3 is 2.35 bits per heavy atom. The molecule has 0 aromatic rings. The number of nitrogens with zero attached hydrogens (tertiary/aromatic N) is 1. The third-order valence-corrected chi connectivity index (χ3v) is 4.61. The van der Waals surface area contributed by atoms with Crippen molar-refractivity contribution in [2.24, 2.45) is 5.41 Å². The van der Waals surface area contributed by atoms with E-state index in [2.05, 4.69) is 44.8 Å². The zero-order valence-corrected chi connectivity index (χ0v) is 12.6. The van der Waals surface area contributed by atoms with Gasteiger partial charge in [-0.05, 0) is 44.6 Å². The first kappa shape index (κ1) is 15.0. The molecule has 0 bridgehead atoms. The van der Waals surface area contributed by atoms with E-state index in [-0.39, 0.29) is 0 Å². The Kier molecular flexibility index (Phi) is 5.94. The SMILES string of the molecule is CCC(CC)(CNC(C)C)CN1CCCC1C. The van der Waals surface area contributed by atoms with Crippen LogP contribution in [0.5, 0.6) is 0 Å². The zero-order chi connectivity index (χ0) is 12.9. The quantitative estimate of drug-likeness (QED) is 0.735. The number of rotatable bonds is 7. The molecule has 102 valence electrons. The summed E-state index contributed by atoms with van der Waals surface area (Å²) in [5.41, 5.74) is 0.475. The standard InChI is InChI=1S/C15H32N2/c1-6-15(7-2,11-16-13(3)4)12-17-10-8-9-14(17)5/h13-14,16H,6-12H2,1-5H3. The Hall–Kier alpha value is -0.0800. The molecule has 1 aliphatic rings. The second-order valence-electron chi connectivity index (χ2n) is 6.20. The molecular formula is C15H32N2. The maximum absolute atomic E-state index is 3.65. The normalized spacial score (nSPS) is 22.6. The van der Waals surface area contributed by atoms with Gasteiger partial charge in [0.2, 0.25) is 0 Å². The largest absolute Gasteiger partial charge is 0.314 e. The Bertz CT molecular complexity index is 209. The van der Waals surface area contributed by atoms with E-state index in [4.69, 9.17) is 0 Å². The summed E-state index contributed by atoms with van der Waals surface area (Å²) in [6.45, 7) is 15.3. The smallest absolute Gasteiger partial charge is 0.00676 e. The van der Waals surface area contributed by atoms with E-state index in [1.807, 2.05) is 0 Å². The predicted molar refractivity (Wildman–Crippen MR) is 76.4 cm³/mol. The van der Waals surface area contributed by atoms with Gasteiger partial charge in [-0.2, -0.15) is 0 Å². The molecule has 1 aliphatic heterocycles. The van der Waals surface area contributed by atoms with E-state index in [0.29, 0.717) is 11.5 Å². The zero-order valence-electron chi connectivity index (χ0n) is 12.6. The summed E-state index contributed by atoms with van der Waals surface area (Å²) in [6, 6.07) is 1.40. The first-order valence-electron chi connectivity index (χ1n) is 7.50. The Morgan fingerprint density at radius 1 is 1.29 bits per heavy atom. The van der Waals surface area contributed by atoms with Crippen molar-refractivity contribution in [1.82, 2.24) is 10.2 Å². The van der Waals surface area contributed by atoms with Crippen molar-refractivity contribution in [2.75, 3.05) is 19.6 Å². The van der Waals surface area contributed by atoms with E-state index in [9.17, 15) is 0 Å². The molecule has 0 amide bonds. The minimum absolute atomic E-state index is 0.475. The summed E-state index contributed by atoms with van der Waals surface area (Å²) < 4.78 is 0. The highest BCUT2D eigenvalue weighted by Gasteiger charge is 2.32. The van der Waals surface area contributed by atoms with E-state index in [1.54, 1.807) is 0 Å². The highest BCUT2D eigenvalue weighted by atomic mass is 15.2. The molecule has 0 aromatic heterocycles. The van der Waals surface area contributed by atoms with E-state index in [0.717, 1.165) is 6.04 Å². The van der Waals surface area contributed by atoms with Gasteiger partial charge in [-0.15, -0.1) is 0 Å². The lowest BCUT2D eigenvalue weighted by Gasteiger charge is -2.38.